The van der Waals surface area contributed by atoms with Gasteiger partial charge in [-0.05, 0) is 23.8 Å². The maximum absolute atomic E-state index is 12.6. The van der Waals surface area contributed by atoms with Crippen molar-refractivity contribution in [2.45, 2.75) is 0 Å². The Morgan fingerprint density at radius 1 is 1.50 bits per heavy atom. The highest BCUT2D eigenvalue weighted by Gasteiger charge is 2.05. The third-order valence-corrected chi connectivity index (χ3v) is 1.58. The summed E-state index contributed by atoms with van der Waals surface area (Å²) in [7, 11) is 0. The van der Waals surface area contributed by atoms with E-state index >= 15 is 0 Å². The van der Waals surface area contributed by atoms with Crippen molar-refractivity contribution in [3.63, 3.8) is 0 Å². The normalized spacial score (nSPS) is 9.42. The SMILES string of the molecule is O=C(O)c1cc(F)cc(C=S)c1. The Bertz CT molecular complexity index is 336. The first-order chi connectivity index (χ1) is 5.63. The monoisotopic (exact) mass is 184 g/mol. The summed E-state index contributed by atoms with van der Waals surface area (Å²) in [6.45, 7) is 0. The van der Waals surface area contributed by atoms with Gasteiger partial charge in [0.25, 0.3) is 0 Å². The minimum Gasteiger partial charge on any atom is -0.478 e. The summed E-state index contributed by atoms with van der Waals surface area (Å²) in [5.41, 5.74) is 0.300. The van der Waals surface area contributed by atoms with Crippen LogP contribution in [-0.4, -0.2) is 16.4 Å². The molecule has 12 heavy (non-hydrogen) atoms. The molecule has 1 N–H and O–H groups in total. The molecule has 1 aromatic carbocycles. The van der Waals surface area contributed by atoms with Crippen molar-refractivity contribution in [1.82, 2.24) is 0 Å². The van der Waals surface area contributed by atoms with Gasteiger partial charge in [0.05, 0.1) is 5.56 Å². The smallest absolute Gasteiger partial charge is 0.335 e. The second kappa shape index (κ2) is 3.40. The van der Waals surface area contributed by atoms with Gasteiger partial charge in [-0.2, -0.15) is 0 Å². The van der Waals surface area contributed by atoms with Gasteiger partial charge in [-0.1, -0.05) is 12.2 Å². The minimum absolute atomic E-state index is 0.0916. The Kier molecular flexibility index (Phi) is 2.50. The van der Waals surface area contributed by atoms with E-state index in [2.05, 4.69) is 12.2 Å². The molecule has 0 bridgehead atoms. The Labute approximate surface area is 73.6 Å². The molecule has 62 valence electrons. The molecule has 0 aliphatic rings. The summed E-state index contributed by atoms with van der Waals surface area (Å²) in [4.78, 5) is 10.4. The van der Waals surface area contributed by atoms with E-state index in [1.807, 2.05) is 0 Å². The molecule has 0 unspecified atom stereocenters. The van der Waals surface area contributed by atoms with Crippen LogP contribution in [0.1, 0.15) is 15.9 Å². The van der Waals surface area contributed by atoms with E-state index < -0.39 is 11.8 Å². The Hall–Kier alpha value is -1.29. The van der Waals surface area contributed by atoms with Crippen LogP contribution in [0.5, 0.6) is 0 Å². The largest absolute Gasteiger partial charge is 0.478 e. The van der Waals surface area contributed by atoms with Gasteiger partial charge in [-0.25, -0.2) is 9.18 Å². The second-order valence-corrected chi connectivity index (χ2v) is 2.43. The summed E-state index contributed by atoms with van der Waals surface area (Å²) in [5.74, 6) is -1.75. The number of carboxylic acids is 1. The fourth-order valence-electron chi connectivity index (χ4n) is 0.804. The van der Waals surface area contributed by atoms with E-state index in [1.165, 1.54) is 17.5 Å². The molecule has 0 saturated heterocycles. The van der Waals surface area contributed by atoms with Crippen molar-refractivity contribution in [1.29, 1.82) is 0 Å². The lowest BCUT2D eigenvalue weighted by Crippen LogP contribution is -1.98. The second-order valence-electron chi connectivity index (χ2n) is 2.20. The molecule has 1 rings (SSSR count). The molecule has 0 atom stereocenters. The van der Waals surface area contributed by atoms with E-state index in [0.717, 1.165) is 6.07 Å². The molecule has 1 aromatic rings. The average molecular weight is 184 g/mol. The van der Waals surface area contributed by atoms with Gasteiger partial charge in [0.15, 0.2) is 0 Å². The standard InChI is InChI=1S/C8H5FO2S/c9-7-2-5(4-12)1-6(3-7)8(10)11/h1-4H,(H,10,11). The zero-order chi connectivity index (χ0) is 9.14. The van der Waals surface area contributed by atoms with E-state index in [-0.39, 0.29) is 5.56 Å². The molecular formula is C8H5FO2S. The quantitative estimate of drug-likeness (QED) is 0.713. The highest BCUT2D eigenvalue weighted by Crippen LogP contribution is 2.07. The van der Waals surface area contributed by atoms with Gasteiger partial charge >= 0.3 is 5.97 Å². The number of thiocarbonyl (C=S) groups is 1. The molecule has 4 heteroatoms. The lowest BCUT2D eigenvalue weighted by atomic mass is 10.1. The lowest BCUT2D eigenvalue weighted by molar-refractivity contribution is 0.0696. The Morgan fingerprint density at radius 3 is 2.67 bits per heavy atom. The maximum Gasteiger partial charge on any atom is 0.335 e. The van der Waals surface area contributed by atoms with Gasteiger partial charge in [0.1, 0.15) is 5.82 Å². The van der Waals surface area contributed by atoms with Gasteiger partial charge in [0.2, 0.25) is 0 Å². The van der Waals surface area contributed by atoms with Crippen LogP contribution < -0.4 is 0 Å². The van der Waals surface area contributed by atoms with Gasteiger partial charge < -0.3 is 5.11 Å². The molecule has 0 aliphatic heterocycles. The van der Waals surface area contributed by atoms with Crippen LogP contribution in [-0.2, 0) is 0 Å². The van der Waals surface area contributed by atoms with E-state index in [1.54, 1.807) is 0 Å². The number of carbonyl (C=O) groups is 1. The van der Waals surface area contributed by atoms with Crippen molar-refractivity contribution < 1.29 is 14.3 Å². The van der Waals surface area contributed by atoms with Crippen molar-refractivity contribution in [2.24, 2.45) is 0 Å². The van der Waals surface area contributed by atoms with Crippen LogP contribution in [0.3, 0.4) is 0 Å². The lowest BCUT2D eigenvalue weighted by Gasteiger charge is -1.96. The first kappa shape index (κ1) is 8.80. The number of carboxylic acid groups (broad SMARTS) is 1. The van der Waals surface area contributed by atoms with Crippen LogP contribution in [0, 0.1) is 5.82 Å². The maximum atomic E-state index is 12.6. The molecule has 0 aromatic heterocycles. The molecule has 0 amide bonds. The number of hydrogen-bond acceptors (Lipinski definition) is 2. The molecule has 0 aliphatic carbocycles. The molecule has 0 heterocycles. The summed E-state index contributed by atoms with van der Waals surface area (Å²) < 4.78 is 12.6. The summed E-state index contributed by atoms with van der Waals surface area (Å²) in [6, 6.07) is 3.45. The van der Waals surface area contributed by atoms with Crippen LogP contribution >= 0.6 is 12.2 Å². The number of aromatic carboxylic acids is 1. The number of halogens is 1. The first-order valence-corrected chi connectivity index (χ1v) is 3.59. The van der Waals surface area contributed by atoms with Crippen molar-refractivity contribution in [2.75, 3.05) is 0 Å². The van der Waals surface area contributed by atoms with Gasteiger partial charge in [-0.3, -0.25) is 0 Å². The van der Waals surface area contributed by atoms with Crippen LogP contribution in [0.4, 0.5) is 4.39 Å². The summed E-state index contributed by atoms with van der Waals surface area (Å²) in [6.07, 6.45) is 0. The predicted octanol–water partition coefficient (Wildman–Crippen LogP) is 1.87. The fourth-order valence-corrected chi connectivity index (χ4v) is 0.940. The van der Waals surface area contributed by atoms with Gasteiger partial charge in [-0.15, -0.1) is 0 Å². The third kappa shape index (κ3) is 1.85. The number of hydrogen-bond donors (Lipinski definition) is 1. The van der Waals surface area contributed by atoms with E-state index in [4.69, 9.17) is 5.11 Å². The molecule has 0 radical (unpaired) electrons. The predicted molar refractivity (Wildman–Crippen MR) is 46.1 cm³/mol. The topological polar surface area (TPSA) is 37.3 Å². The van der Waals surface area contributed by atoms with Crippen LogP contribution in [0.15, 0.2) is 18.2 Å². The van der Waals surface area contributed by atoms with Crippen molar-refractivity contribution in [3.8, 4) is 0 Å². The summed E-state index contributed by atoms with van der Waals surface area (Å²) >= 11 is 4.54. The Morgan fingerprint density at radius 2 is 2.17 bits per heavy atom. The van der Waals surface area contributed by atoms with E-state index in [0.29, 0.717) is 5.56 Å². The zero-order valence-corrected chi connectivity index (χ0v) is 6.77. The van der Waals surface area contributed by atoms with Crippen LogP contribution in [0.25, 0.3) is 0 Å². The molecule has 2 nitrogen and oxygen atoms in total. The summed E-state index contributed by atoms with van der Waals surface area (Å²) in [5, 5.41) is 9.75. The van der Waals surface area contributed by atoms with Crippen LogP contribution in [0.2, 0.25) is 0 Å². The number of benzene rings is 1. The first-order valence-electron chi connectivity index (χ1n) is 3.12. The molecule has 0 spiro atoms. The minimum atomic E-state index is -1.16. The third-order valence-electron chi connectivity index (χ3n) is 1.30. The van der Waals surface area contributed by atoms with Crippen molar-refractivity contribution >= 4 is 23.6 Å². The zero-order valence-electron chi connectivity index (χ0n) is 5.95. The average Bonchev–Trinajstić information content (AvgIpc) is 2.03. The molecular weight excluding hydrogens is 179 g/mol. The Balaban J connectivity index is 3.23. The highest BCUT2D eigenvalue weighted by molar-refractivity contribution is 7.79. The fraction of sp³-hybridized carbons (Fsp3) is 0. The van der Waals surface area contributed by atoms with Gasteiger partial charge in [0, 0.05) is 5.37 Å². The van der Waals surface area contributed by atoms with Crippen molar-refractivity contribution in [3.05, 3.63) is 35.1 Å². The van der Waals surface area contributed by atoms with E-state index in [9.17, 15) is 9.18 Å². The molecule has 0 saturated carbocycles. The number of rotatable bonds is 2. The highest BCUT2D eigenvalue weighted by atomic mass is 32.1. The molecule has 0 fully saturated rings.